The molecule has 2 heterocycles. The number of aliphatic hydroxyl groups excluding tert-OH is 1. The maximum Gasteiger partial charge on any atom is 0.303 e. The fraction of sp³-hybridized carbons (Fsp3) is 0.412. The molecule has 1 fully saturated rings. The van der Waals surface area contributed by atoms with Gasteiger partial charge in [0.1, 0.15) is 5.41 Å². The molecule has 2 aliphatic carbocycles. The Kier molecular flexibility index (Phi) is 7.94. The van der Waals surface area contributed by atoms with Gasteiger partial charge >= 0.3 is 5.97 Å². The molecule has 1 spiro atoms. The van der Waals surface area contributed by atoms with Crippen LogP contribution < -0.4 is 5.32 Å². The molecule has 0 radical (unpaired) electrons. The highest BCUT2D eigenvalue weighted by molar-refractivity contribution is 6.16. The maximum atomic E-state index is 14.3. The van der Waals surface area contributed by atoms with Crippen LogP contribution in [0.3, 0.4) is 0 Å². The summed E-state index contributed by atoms with van der Waals surface area (Å²) in [6.45, 7) is 8.65. The molecular weight excluding hydrogens is 532 g/mol. The van der Waals surface area contributed by atoms with Gasteiger partial charge in [0.15, 0.2) is 11.9 Å². The molecule has 1 saturated heterocycles. The number of benzene rings is 1. The lowest BCUT2D eigenvalue weighted by Gasteiger charge is -2.45. The molecule has 220 valence electrons. The molecule has 1 aliphatic heterocycles. The summed E-state index contributed by atoms with van der Waals surface area (Å²) >= 11 is 0. The number of ketones is 2. The summed E-state index contributed by atoms with van der Waals surface area (Å²) < 4.78 is 5.34. The number of carbonyl (C=O) groups is 4. The SMILES string of the molecule is CC(=O)O[C@H]1C(=O)/C=C/C(=O)[C@]23C(=O)N[C@@H](Cc4c[nH]c5ccccc45)[C@@H]2C(C)=C(C)[C@@H](O)[C@@H]3/C=C/C[C@H](C)/C=C/1C. The van der Waals surface area contributed by atoms with Crippen LogP contribution in [0.4, 0.5) is 0 Å². The van der Waals surface area contributed by atoms with Gasteiger partial charge < -0.3 is 20.1 Å². The lowest BCUT2D eigenvalue weighted by atomic mass is 9.55. The molecule has 0 unspecified atom stereocenters. The van der Waals surface area contributed by atoms with Crippen LogP contribution in [-0.4, -0.2) is 51.8 Å². The highest BCUT2D eigenvalue weighted by Crippen LogP contribution is 2.55. The van der Waals surface area contributed by atoms with Crippen LogP contribution in [0.1, 0.15) is 46.6 Å². The summed E-state index contributed by atoms with van der Waals surface area (Å²) in [6, 6.07) is 7.50. The number of carbonyl (C=O) groups excluding carboxylic acids is 4. The number of amides is 1. The molecule has 1 amide bonds. The van der Waals surface area contributed by atoms with Crippen LogP contribution >= 0.6 is 0 Å². The highest BCUT2D eigenvalue weighted by Gasteiger charge is 2.66. The predicted octanol–water partition coefficient (Wildman–Crippen LogP) is 4.31. The first-order chi connectivity index (χ1) is 20.0. The average Bonchev–Trinajstić information content (AvgIpc) is 3.49. The largest absolute Gasteiger partial charge is 0.450 e. The molecule has 0 saturated carbocycles. The van der Waals surface area contributed by atoms with E-state index in [1.807, 2.05) is 63.4 Å². The molecule has 8 nitrogen and oxygen atoms in total. The van der Waals surface area contributed by atoms with Gasteiger partial charge in [-0.15, -0.1) is 0 Å². The summed E-state index contributed by atoms with van der Waals surface area (Å²) in [6.07, 6.45) is 8.52. The predicted molar refractivity (Wildman–Crippen MR) is 159 cm³/mol. The van der Waals surface area contributed by atoms with E-state index in [-0.39, 0.29) is 5.92 Å². The number of aromatic amines is 1. The number of hydrogen-bond acceptors (Lipinski definition) is 6. The third kappa shape index (κ3) is 4.87. The molecule has 42 heavy (non-hydrogen) atoms. The molecule has 3 aliphatic rings. The van der Waals surface area contributed by atoms with Crippen molar-refractivity contribution >= 4 is 34.3 Å². The zero-order chi connectivity index (χ0) is 30.3. The van der Waals surface area contributed by atoms with E-state index >= 15 is 0 Å². The number of aromatic nitrogens is 1. The van der Waals surface area contributed by atoms with E-state index in [0.29, 0.717) is 18.4 Å². The lowest BCUT2D eigenvalue weighted by molar-refractivity contribution is -0.149. The number of ether oxygens (including phenoxy) is 1. The van der Waals surface area contributed by atoms with Crippen molar-refractivity contribution in [3.8, 4) is 0 Å². The second kappa shape index (κ2) is 11.3. The van der Waals surface area contributed by atoms with Gasteiger partial charge in [0.25, 0.3) is 0 Å². The van der Waals surface area contributed by atoms with Gasteiger partial charge in [-0.1, -0.05) is 48.9 Å². The Labute approximate surface area is 245 Å². The van der Waals surface area contributed by atoms with Crippen LogP contribution in [0.5, 0.6) is 0 Å². The topological polar surface area (TPSA) is 126 Å². The monoisotopic (exact) mass is 570 g/mol. The summed E-state index contributed by atoms with van der Waals surface area (Å²) in [4.78, 5) is 56.9. The van der Waals surface area contributed by atoms with Gasteiger partial charge in [-0.3, -0.25) is 19.2 Å². The van der Waals surface area contributed by atoms with Gasteiger partial charge in [-0.05, 0) is 74.5 Å². The molecule has 0 bridgehead atoms. The van der Waals surface area contributed by atoms with Gasteiger partial charge in [-0.2, -0.15) is 0 Å². The summed E-state index contributed by atoms with van der Waals surface area (Å²) in [7, 11) is 0. The van der Waals surface area contributed by atoms with E-state index < -0.39 is 58.9 Å². The Balaban J connectivity index is 1.64. The summed E-state index contributed by atoms with van der Waals surface area (Å²) in [5, 5.41) is 15.7. The Hall–Kier alpha value is -4.04. The second-order valence-corrected chi connectivity index (χ2v) is 12.0. The van der Waals surface area contributed by atoms with E-state index in [1.54, 1.807) is 13.0 Å². The number of hydrogen-bond donors (Lipinski definition) is 3. The van der Waals surface area contributed by atoms with Gasteiger partial charge in [0, 0.05) is 41.9 Å². The summed E-state index contributed by atoms with van der Waals surface area (Å²) in [5.41, 5.74) is 2.42. The lowest BCUT2D eigenvalue weighted by Crippen LogP contribution is -2.55. The minimum atomic E-state index is -1.66. The Morgan fingerprint density at radius 3 is 2.57 bits per heavy atom. The van der Waals surface area contributed by atoms with E-state index in [0.717, 1.165) is 39.8 Å². The number of para-hydroxylation sites is 1. The quantitative estimate of drug-likeness (QED) is 0.287. The van der Waals surface area contributed by atoms with E-state index in [1.165, 1.54) is 6.92 Å². The number of nitrogens with one attached hydrogen (secondary N) is 2. The number of aliphatic hydroxyl groups is 1. The number of esters is 1. The fourth-order valence-corrected chi connectivity index (χ4v) is 7.19. The van der Waals surface area contributed by atoms with E-state index in [2.05, 4.69) is 10.3 Å². The minimum Gasteiger partial charge on any atom is -0.450 e. The standard InChI is InChI=1S/C34H38N2O6/c1-18-9-8-11-25-31(40)21(4)20(3)30-27(16-23-17-35-26-12-7-6-10-24(23)26)36-33(41)34(25,30)29(39)14-13-28(38)32(19(2)15-18)42-22(5)37/h6-8,10-15,17-18,25,27,30-32,35,40H,9,16H2,1-5H3,(H,36,41)/b11-8+,14-13+,19-15+/t18-,25-,27-,30-,31+,32+,34-/m0/s1. The third-order valence-electron chi connectivity index (χ3n) is 9.26. The van der Waals surface area contributed by atoms with Gasteiger partial charge in [-0.25, -0.2) is 0 Å². The molecule has 2 aromatic rings. The van der Waals surface area contributed by atoms with Crippen molar-refractivity contribution in [1.82, 2.24) is 10.3 Å². The smallest absolute Gasteiger partial charge is 0.303 e. The zero-order valence-corrected chi connectivity index (χ0v) is 24.6. The Bertz CT molecular complexity index is 1570. The van der Waals surface area contributed by atoms with Crippen molar-refractivity contribution < 1.29 is 29.0 Å². The Morgan fingerprint density at radius 2 is 1.83 bits per heavy atom. The minimum absolute atomic E-state index is 0.0366. The number of fused-ring (bicyclic) bond motifs is 1. The van der Waals surface area contributed by atoms with E-state index in [9.17, 15) is 24.3 Å². The molecule has 5 rings (SSSR count). The normalized spacial score (nSPS) is 34.7. The molecule has 1 aromatic carbocycles. The zero-order valence-electron chi connectivity index (χ0n) is 24.6. The van der Waals surface area contributed by atoms with Crippen molar-refractivity contribution in [3.63, 3.8) is 0 Å². The van der Waals surface area contributed by atoms with Gasteiger partial charge in [0.2, 0.25) is 11.7 Å². The van der Waals surface area contributed by atoms with Crippen LogP contribution in [0.2, 0.25) is 0 Å². The third-order valence-corrected chi connectivity index (χ3v) is 9.26. The second-order valence-electron chi connectivity index (χ2n) is 12.0. The molecule has 3 N–H and O–H groups in total. The van der Waals surface area contributed by atoms with Crippen LogP contribution in [-0.2, 0) is 30.3 Å². The van der Waals surface area contributed by atoms with Crippen molar-refractivity contribution in [2.45, 2.75) is 65.7 Å². The van der Waals surface area contributed by atoms with Crippen molar-refractivity contribution in [2.75, 3.05) is 0 Å². The molecule has 8 heteroatoms. The van der Waals surface area contributed by atoms with Crippen LogP contribution in [0.25, 0.3) is 10.9 Å². The number of rotatable bonds is 3. The number of allylic oxidation sites excluding steroid dienone is 3. The van der Waals surface area contributed by atoms with Gasteiger partial charge in [0.05, 0.1) is 6.10 Å². The van der Waals surface area contributed by atoms with Crippen molar-refractivity contribution in [3.05, 3.63) is 83.1 Å². The fourth-order valence-electron chi connectivity index (χ4n) is 7.19. The number of H-pyrrole nitrogens is 1. The highest BCUT2D eigenvalue weighted by atomic mass is 16.5. The first kappa shape index (κ1) is 29.5. The van der Waals surface area contributed by atoms with Crippen molar-refractivity contribution in [1.29, 1.82) is 0 Å². The molecule has 7 atom stereocenters. The summed E-state index contributed by atoms with van der Waals surface area (Å²) in [5.74, 6) is -3.64. The first-order valence-corrected chi connectivity index (χ1v) is 14.5. The Morgan fingerprint density at radius 1 is 1.10 bits per heavy atom. The molecular formula is C34H38N2O6. The van der Waals surface area contributed by atoms with Crippen LogP contribution in [0.15, 0.2) is 77.6 Å². The van der Waals surface area contributed by atoms with E-state index in [4.69, 9.17) is 4.74 Å². The van der Waals surface area contributed by atoms with Crippen LogP contribution in [0, 0.1) is 23.2 Å². The molecule has 1 aromatic heterocycles. The van der Waals surface area contributed by atoms with Crippen molar-refractivity contribution in [2.24, 2.45) is 23.2 Å². The maximum absolute atomic E-state index is 14.3. The average molecular weight is 571 g/mol. The first-order valence-electron chi connectivity index (χ1n) is 14.5.